The molecule has 2 aromatic rings. The van der Waals surface area contributed by atoms with Gasteiger partial charge in [0.05, 0.1) is 0 Å². The van der Waals surface area contributed by atoms with Gasteiger partial charge in [0.2, 0.25) is 11.8 Å². The Balaban J connectivity index is 2.53. The predicted molar refractivity (Wildman–Crippen MR) is 157 cm³/mol. The minimum absolute atomic E-state index is 0.0975. The topological polar surface area (TPSA) is 108 Å². The van der Waals surface area contributed by atoms with Crippen LogP contribution in [0.5, 0.6) is 5.75 Å². The van der Waals surface area contributed by atoms with E-state index in [0.29, 0.717) is 23.3 Å². The molecule has 9 heteroatoms. The highest BCUT2D eigenvalue weighted by Gasteiger charge is 2.41. The Hall–Kier alpha value is -3.20. The van der Waals surface area contributed by atoms with Gasteiger partial charge in [-0.05, 0) is 95.7 Å². The third kappa shape index (κ3) is 9.80. The molecule has 0 radical (unpaired) electrons. The maximum atomic E-state index is 14.3. The summed E-state index contributed by atoms with van der Waals surface area (Å²) >= 11 is 1.56. The first kappa shape index (κ1) is 32.0. The lowest BCUT2D eigenvalue weighted by Crippen LogP contribution is -2.58. The Kier molecular flexibility index (Phi) is 11.3. The first-order chi connectivity index (χ1) is 18.1. The summed E-state index contributed by atoms with van der Waals surface area (Å²) in [7, 11) is 0. The number of thioether (sulfide) groups is 1. The number of amides is 3. The van der Waals surface area contributed by atoms with Gasteiger partial charge in [0.25, 0.3) is 0 Å². The molecule has 0 saturated heterocycles. The maximum Gasteiger partial charge on any atom is 0.408 e. The van der Waals surface area contributed by atoms with Crippen LogP contribution in [0.2, 0.25) is 0 Å². The zero-order valence-electron chi connectivity index (χ0n) is 24.3. The first-order valence-electron chi connectivity index (χ1n) is 13.1. The minimum Gasteiger partial charge on any atom is -0.508 e. The molecule has 0 aromatic heterocycles. The van der Waals surface area contributed by atoms with Crippen molar-refractivity contribution in [2.45, 2.75) is 84.7 Å². The number of nitrogens with zero attached hydrogens (tertiary/aromatic N) is 1. The Morgan fingerprint density at radius 2 is 1.67 bits per heavy atom. The molecule has 0 fully saturated rings. The van der Waals surface area contributed by atoms with E-state index in [0.717, 1.165) is 5.56 Å². The Labute approximate surface area is 236 Å². The molecule has 2 unspecified atom stereocenters. The van der Waals surface area contributed by atoms with Crippen LogP contribution in [-0.4, -0.2) is 57.1 Å². The molecule has 0 bridgehead atoms. The summed E-state index contributed by atoms with van der Waals surface area (Å²) in [4.78, 5) is 42.4. The van der Waals surface area contributed by atoms with Gasteiger partial charge in [0, 0.05) is 12.1 Å². The SMILES string of the molecule is CSCCC(NC(=O)OC(C)(C)C)C(=O)N(C(C(=O)NCc1ccccc1)c1ccc(O)c(C)c1)C(C)(C)C. The molecule has 2 aromatic carbocycles. The van der Waals surface area contributed by atoms with Crippen molar-refractivity contribution >= 4 is 29.7 Å². The Bertz CT molecular complexity index is 1130. The molecule has 2 rings (SSSR count). The maximum absolute atomic E-state index is 14.3. The second-order valence-electron chi connectivity index (χ2n) is 11.5. The number of aryl methyl sites for hydroxylation is 1. The van der Waals surface area contributed by atoms with E-state index in [2.05, 4.69) is 10.6 Å². The first-order valence-corrected chi connectivity index (χ1v) is 14.5. The van der Waals surface area contributed by atoms with Crippen molar-refractivity contribution in [2.75, 3.05) is 12.0 Å². The van der Waals surface area contributed by atoms with Gasteiger partial charge in [-0.25, -0.2) is 4.79 Å². The fourth-order valence-corrected chi connectivity index (χ4v) is 4.58. The summed E-state index contributed by atoms with van der Waals surface area (Å²) in [5.41, 5.74) is 0.528. The lowest BCUT2D eigenvalue weighted by Gasteiger charge is -2.43. The lowest BCUT2D eigenvalue weighted by molar-refractivity contribution is -0.148. The van der Waals surface area contributed by atoms with Gasteiger partial charge in [0.1, 0.15) is 23.4 Å². The molecule has 0 spiro atoms. The molecule has 3 N–H and O–H groups in total. The van der Waals surface area contributed by atoms with Crippen LogP contribution in [0.25, 0.3) is 0 Å². The molecule has 0 heterocycles. The van der Waals surface area contributed by atoms with E-state index >= 15 is 0 Å². The molecule has 214 valence electrons. The van der Waals surface area contributed by atoms with Crippen LogP contribution in [0.4, 0.5) is 4.79 Å². The number of phenolic OH excluding ortho intramolecular Hbond substituents is 1. The Morgan fingerprint density at radius 1 is 1.03 bits per heavy atom. The predicted octanol–water partition coefficient (Wildman–Crippen LogP) is 5.33. The highest BCUT2D eigenvalue weighted by molar-refractivity contribution is 7.98. The van der Waals surface area contributed by atoms with Gasteiger partial charge < -0.3 is 25.4 Å². The number of hydrogen-bond acceptors (Lipinski definition) is 6. The highest BCUT2D eigenvalue weighted by Crippen LogP contribution is 2.32. The van der Waals surface area contributed by atoms with E-state index in [1.165, 1.54) is 11.0 Å². The quantitative estimate of drug-likeness (QED) is 0.364. The smallest absolute Gasteiger partial charge is 0.408 e. The van der Waals surface area contributed by atoms with E-state index in [4.69, 9.17) is 4.74 Å². The monoisotopic (exact) mass is 557 g/mol. The van der Waals surface area contributed by atoms with E-state index in [-0.39, 0.29) is 18.2 Å². The number of aromatic hydroxyl groups is 1. The molecule has 2 atom stereocenters. The zero-order chi connectivity index (χ0) is 29.4. The van der Waals surface area contributed by atoms with Gasteiger partial charge in [-0.1, -0.05) is 36.4 Å². The van der Waals surface area contributed by atoms with Crippen LogP contribution in [0, 0.1) is 6.92 Å². The number of carbonyl (C=O) groups excluding carboxylic acids is 3. The fourth-order valence-electron chi connectivity index (χ4n) is 4.10. The van der Waals surface area contributed by atoms with Gasteiger partial charge in [-0.3, -0.25) is 9.59 Å². The third-order valence-electron chi connectivity index (χ3n) is 5.91. The number of alkyl carbamates (subject to hydrolysis) is 1. The molecule has 0 aliphatic carbocycles. The number of benzene rings is 2. The largest absolute Gasteiger partial charge is 0.508 e. The van der Waals surface area contributed by atoms with E-state index in [9.17, 15) is 19.5 Å². The van der Waals surface area contributed by atoms with Crippen LogP contribution < -0.4 is 10.6 Å². The van der Waals surface area contributed by atoms with Crippen molar-refractivity contribution < 1.29 is 24.2 Å². The summed E-state index contributed by atoms with van der Waals surface area (Å²) in [6.07, 6.45) is 1.59. The van der Waals surface area contributed by atoms with Crippen LogP contribution in [0.15, 0.2) is 48.5 Å². The molecular weight excluding hydrogens is 514 g/mol. The minimum atomic E-state index is -1.02. The lowest BCUT2D eigenvalue weighted by atomic mass is 9.94. The van der Waals surface area contributed by atoms with Gasteiger partial charge in [0.15, 0.2) is 0 Å². The number of phenols is 1. The summed E-state index contributed by atoms with van der Waals surface area (Å²) in [6.45, 7) is 12.9. The van der Waals surface area contributed by atoms with Crippen LogP contribution >= 0.6 is 11.8 Å². The number of carbonyl (C=O) groups is 3. The standard InChI is InChI=1S/C30H43N3O5S/c1-20-18-22(14-15-24(20)34)25(26(35)31-19-21-12-10-9-11-13-21)33(29(2,3)4)27(36)23(16-17-39-8)32-28(37)38-30(5,6)7/h9-15,18,23,25,34H,16-17,19H2,1-8H3,(H,31,35)(H,32,37). The molecule has 39 heavy (non-hydrogen) atoms. The fraction of sp³-hybridized carbons (Fsp3) is 0.500. The molecule has 0 saturated carbocycles. The van der Waals surface area contributed by atoms with Gasteiger partial charge in [-0.2, -0.15) is 11.8 Å². The average molecular weight is 558 g/mol. The highest BCUT2D eigenvalue weighted by atomic mass is 32.2. The van der Waals surface area contributed by atoms with Crippen molar-refractivity contribution in [2.24, 2.45) is 0 Å². The zero-order valence-corrected chi connectivity index (χ0v) is 25.1. The number of ether oxygens (including phenoxy) is 1. The van der Waals surface area contributed by atoms with Crippen LogP contribution in [0.3, 0.4) is 0 Å². The number of nitrogens with one attached hydrogen (secondary N) is 2. The van der Waals surface area contributed by atoms with Crippen LogP contribution in [-0.2, 0) is 20.9 Å². The van der Waals surface area contributed by atoms with E-state index in [1.807, 2.05) is 57.4 Å². The van der Waals surface area contributed by atoms with Gasteiger partial charge >= 0.3 is 6.09 Å². The van der Waals surface area contributed by atoms with Crippen molar-refractivity contribution in [3.63, 3.8) is 0 Å². The van der Waals surface area contributed by atoms with Gasteiger partial charge in [-0.15, -0.1) is 0 Å². The second-order valence-corrected chi connectivity index (χ2v) is 12.5. The molecular formula is C30H43N3O5S. The Morgan fingerprint density at radius 3 is 2.21 bits per heavy atom. The van der Waals surface area contributed by atoms with Crippen molar-refractivity contribution in [1.82, 2.24) is 15.5 Å². The normalized spacial score (nSPS) is 13.2. The van der Waals surface area contributed by atoms with Crippen molar-refractivity contribution in [3.05, 3.63) is 65.2 Å². The number of hydrogen-bond donors (Lipinski definition) is 3. The summed E-state index contributed by atoms with van der Waals surface area (Å²) < 4.78 is 5.44. The summed E-state index contributed by atoms with van der Waals surface area (Å²) in [5.74, 6) is -0.0470. The number of rotatable bonds is 10. The average Bonchev–Trinajstić information content (AvgIpc) is 2.83. The van der Waals surface area contributed by atoms with E-state index < -0.39 is 35.2 Å². The van der Waals surface area contributed by atoms with E-state index in [1.54, 1.807) is 51.6 Å². The molecule has 3 amide bonds. The third-order valence-corrected chi connectivity index (χ3v) is 6.56. The summed E-state index contributed by atoms with van der Waals surface area (Å²) in [5, 5.41) is 15.9. The second kappa shape index (κ2) is 13.7. The molecule has 8 nitrogen and oxygen atoms in total. The molecule has 0 aliphatic heterocycles. The van der Waals surface area contributed by atoms with Crippen LogP contribution in [0.1, 0.15) is 70.7 Å². The van der Waals surface area contributed by atoms with Crippen molar-refractivity contribution in [1.29, 1.82) is 0 Å². The van der Waals surface area contributed by atoms with Crippen molar-refractivity contribution in [3.8, 4) is 5.75 Å². The molecule has 0 aliphatic rings. The summed E-state index contributed by atoms with van der Waals surface area (Å²) in [6, 6.07) is 12.5.